The number of hydrogen-bond acceptors (Lipinski definition) is 1. The van der Waals surface area contributed by atoms with E-state index in [1.165, 1.54) is 0 Å². The zero-order valence-electron chi connectivity index (χ0n) is 2.33. The molecule has 0 N–H and O–H groups in total. The van der Waals surface area contributed by atoms with Gasteiger partial charge >= 0.3 is 46.6 Å². The van der Waals surface area contributed by atoms with Crippen molar-refractivity contribution < 1.29 is 46.6 Å². The van der Waals surface area contributed by atoms with Gasteiger partial charge in [-0.05, 0) is 0 Å². The van der Waals surface area contributed by atoms with E-state index in [0.29, 0.717) is 0 Å². The molecule has 3 heteroatoms. The molecule has 0 aliphatic heterocycles. The molecule has 0 fully saturated rings. The van der Waals surface area contributed by atoms with E-state index in [2.05, 4.69) is 6.57 Å². The minimum absolute atomic E-state index is 0. The summed E-state index contributed by atoms with van der Waals surface area (Å²) in [5, 5.41) is 6.50. The Morgan fingerprint density at radius 1 is 1.25 bits per heavy atom. The molecule has 0 unspecified atom stereocenters. The second-order valence-corrected chi connectivity index (χ2v) is 0. The van der Waals surface area contributed by atoms with Gasteiger partial charge in [0.2, 0.25) is 0 Å². The first-order valence-electron chi connectivity index (χ1n) is 0.258. The van der Waals surface area contributed by atoms with E-state index in [4.69, 9.17) is 5.26 Å². The van der Waals surface area contributed by atoms with Gasteiger partial charge in [0.15, 0.2) is 0 Å². The Morgan fingerprint density at radius 3 is 1.25 bits per heavy atom. The molecule has 0 amide bonds. The van der Waals surface area contributed by atoms with Gasteiger partial charge in [-0.1, -0.05) is 0 Å². The molecule has 0 spiro atoms. The molecule has 0 heterocycles. The summed E-state index contributed by atoms with van der Waals surface area (Å²) in [6.07, 6.45) is 0. The summed E-state index contributed by atoms with van der Waals surface area (Å²) in [6.45, 7) is 3.50. The zero-order chi connectivity index (χ0) is 2.00. The van der Waals surface area contributed by atoms with Crippen LogP contribution in [0, 0.1) is 11.8 Å². The monoisotopic (exact) mass is 113 g/mol. The topological polar surface area (TPSA) is 23.8 Å². The van der Waals surface area contributed by atoms with E-state index in [-0.39, 0.29) is 46.6 Å². The molecule has 0 bridgehead atoms. The van der Waals surface area contributed by atoms with Crippen molar-refractivity contribution in [3.8, 4) is 6.57 Å². The van der Waals surface area contributed by atoms with Crippen molar-refractivity contribution in [1.29, 1.82) is 5.26 Å². The van der Waals surface area contributed by atoms with Crippen molar-refractivity contribution in [3.63, 3.8) is 0 Å². The van der Waals surface area contributed by atoms with Gasteiger partial charge in [0.1, 0.15) is 0 Å². The normalized spacial score (nSPS) is 0.500. The van der Waals surface area contributed by atoms with Gasteiger partial charge in [-0.15, -0.1) is 0 Å². The maximum absolute atomic E-state index is 6.50. The Bertz CT molecular complexity index is 12.8. The van der Waals surface area contributed by atoms with Gasteiger partial charge in [0, 0.05) is 6.57 Å². The maximum Gasteiger partial charge on any atom is 1.00 e. The van der Waals surface area contributed by atoms with E-state index in [9.17, 15) is 0 Å². The molecule has 4 heavy (non-hydrogen) atoms. The summed E-state index contributed by atoms with van der Waals surface area (Å²) >= 11 is 0. The fourth-order valence-electron chi connectivity index (χ4n) is 0. The standard InChI is InChI=1S/CHN.Cu.Na/c1-2;;/h1H;;/q;2*+1. The predicted molar refractivity (Wildman–Crippen MR) is 6.67 cm³/mol. The first-order valence-corrected chi connectivity index (χ1v) is 0.258. The van der Waals surface area contributed by atoms with Crippen molar-refractivity contribution in [3.05, 3.63) is 0 Å². The molecular formula is CHCuNNa+2. The van der Waals surface area contributed by atoms with Gasteiger partial charge in [0.25, 0.3) is 0 Å². The smallest absolute Gasteiger partial charge is 0.202 e. The van der Waals surface area contributed by atoms with Crippen LogP contribution in [0.25, 0.3) is 0 Å². The second-order valence-electron chi connectivity index (χ2n) is 0. The van der Waals surface area contributed by atoms with Crippen LogP contribution in [0.4, 0.5) is 0 Å². The minimum Gasteiger partial charge on any atom is -0.202 e. The van der Waals surface area contributed by atoms with Crippen molar-refractivity contribution in [2.24, 2.45) is 0 Å². The Kier molecular flexibility index (Phi) is 178. The first kappa shape index (κ1) is 19.9. The van der Waals surface area contributed by atoms with Crippen LogP contribution in [0.2, 0.25) is 0 Å². The summed E-state index contributed by atoms with van der Waals surface area (Å²) < 4.78 is 0. The number of rotatable bonds is 0. The van der Waals surface area contributed by atoms with Gasteiger partial charge in [-0.25, -0.2) is 5.26 Å². The maximum atomic E-state index is 6.50. The number of nitriles is 1. The zero-order valence-corrected chi connectivity index (χ0v) is 5.27. The van der Waals surface area contributed by atoms with E-state index < -0.39 is 0 Å². The average Bonchev–Trinajstić information content (AvgIpc) is 1.00. The fraction of sp³-hybridized carbons (Fsp3) is 0. The van der Waals surface area contributed by atoms with E-state index in [0.717, 1.165) is 0 Å². The molecular weight excluding hydrogens is 113 g/mol. The van der Waals surface area contributed by atoms with Gasteiger partial charge in [-0.2, -0.15) is 0 Å². The summed E-state index contributed by atoms with van der Waals surface area (Å²) in [7, 11) is 0. The summed E-state index contributed by atoms with van der Waals surface area (Å²) in [4.78, 5) is 0. The van der Waals surface area contributed by atoms with Crippen molar-refractivity contribution in [1.82, 2.24) is 0 Å². The van der Waals surface area contributed by atoms with E-state index in [1.807, 2.05) is 0 Å². The van der Waals surface area contributed by atoms with Crippen molar-refractivity contribution in [2.75, 3.05) is 0 Å². The first-order chi connectivity index (χ1) is 1.00. The Hall–Kier alpha value is 1.01. The molecule has 0 aliphatic carbocycles. The Morgan fingerprint density at radius 2 is 1.25 bits per heavy atom. The van der Waals surface area contributed by atoms with Gasteiger partial charge in [0.05, 0.1) is 0 Å². The molecule has 0 atom stereocenters. The quantitative estimate of drug-likeness (QED) is 0.310. The van der Waals surface area contributed by atoms with E-state index in [1.54, 1.807) is 0 Å². The SMILES string of the molecule is C#N.[Cu+].[Na+]. The van der Waals surface area contributed by atoms with Crippen LogP contribution in [-0.2, 0) is 17.1 Å². The van der Waals surface area contributed by atoms with Gasteiger partial charge < -0.3 is 0 Å². The van der Waals surface area contributed by atoms with Crippen molar-refractivity contribution >= 4 is 0 Å². The Labute approximate surface area is 58.1 Å². The molecule has 20 valence electrons. The van der Waals surface area contributed by atoms with Crippen LogP contribution >= 0.6 is 0 Å². The molecule has 0 saturated carbocycles. The molecule has 0 saturated heterocycles. The summed E-state index contributed by atoms with van der Waals surface area (Å²) in [6, 6.07) is 0. The molecule has 1 nitrogen and oxygen atoms in total. The summed E-state index contributed by atoms with van der Waals surface area (Å²) in [5.74, 6) is 0. The van der Waals surface area contributed by atoms with Crippen LogP contribution < -0.4 is 29.6 Å². The molecule has 0 aliphatic rings. The second kappa shape index (κ2) is 35.6. The molecule has 0 radical (unpaired) electrons. The van der Waals surface area contributed by atoms with Crippen LogP contribution in [0.5, 0.6) is 0 Å². The third-order valence-corrected chi connectivity index (χ3v) is 0. The van der Waals surface area contributed by atoms with Crippen LogP contribution in [0.1, 0.15) is 0 Å². The largest absolute Gasteiger partial charge is 1.00 e. The van der Waals surface area contributed by atoms with Crippen molar-refractivity contribution in [2.45, 2.75) is 0 Å². The van der Waals surface area contributed by atoms with Crippen LogP contribution in [-0.4, -0.2) is 0 Å². The average molecular weight is 114 g/mol. The van der Waals surface area contributed by atoms with Crippen LogP contribution in [0.3, 0.4) is 0 Å². The Balaban J connectivity index is -0.00000000500. The number of nitrogens with zero attached hydrogens (tertiary/aromatic N) is 1. The fourth-order valence-corrected chi connectivity index (χ4v) is 0. The summed E-state index contributed by atoms with van der Waals surface area (Å²) in [5.41, 5.74) is 0. The molecule has 0 aromatic rings. The van der Waals surface area contributed by atoms with Crippen LogP contribution in [0.15, 0.2) is 0 Å². The predicted octanol–water partition coefficient (Wildman–Crippen LogP) is -2.86. The molecule has 0 aromatic carbocycles. The van der Waals surface area contributed by atoms with Gasteiger partial charge in [-0.3, -0.25) is 0 Å². The van der Waals surface area contributed by atoms with E-state index >= 15 is 0 Å². The number of hydrogen-bond donors (Lipinski definition) is 0. The molecule has 0 rings (SSSR count). The third-order valence-electron chi connectivity index (χ3n) is 0. The molecule has 0 aromatic heterocycles. The minimum atomic E-state index is 0. The third kappa shape index (κ3) is 11.9.